The summed E-state index contributed by atoms with van der Waals surface area (Å²) in [5.74, 6) is -0.201. The topological polar surface area (TPSA) is 88.9 Å². The van der Waals surface area contributed by atoms with E-state index in [-0.39, 0.29) is 17.7 Å². The Morgan fingerprint density at radius 2 is 2.48 bits per heavy atom. The summed E-state index contributed by atoms with van der Waals surface area (Å²) in [5.41, 5.74) is 1.66. The molecule has 2 N–H and O–H groups in total. The van der Waals surface area contributed by atoms with Crippen molar-refractivity contribution in [2.45, 2.75) is 19.4 Å². The van der Waals surface area contributed by atoms with Gasteiger partial charge in [0.25, 0.3) is 0 Å². The molecule has 1 saturated heterocycles. The molecule has 1 aliphatic rings. The van der Waals surface area contributed by atoms with Gasteiger partial charge in [0.15, 0.2) is 0 Å². The van der Waals surface area contributed by atoms with Crippen molar-refractivity contribution in [1.29, 1.82) is 0 Å². The van der Waals surface area contributed by atoms with Crippen molar-refractivity contribution in [3.05, 3.63) is 28.7 Å². The molecule has 1 unspecified atom stereocenters. The molecule has 1 atom stereocenters. The van der Waals surface area contributed by atoms with Crippen LogP contribution in [-0.2, 0) is 16.1 Å². The molecule has 2 aromatic rings. The van der Waals surface area contributed by atoms with Crippen molar-refractivity contribution in [2.75, 3.05) is 6.54 Å². The van der Waals surface area contributed by atoms with Crippen LogP contribution in [0.5, 0.6) is 0 Å². The van der Waals surface area contributed by atoms with Crippen molar-refractivity contribution in [2.24, 2.45) is 5.92 Å². The molecule has 0 spiro atoms. The van der Waals surface area contributed by atoms with E-state index in [4.69, 9.17) is 0 Å². The second kappa shape index (κ2) is 6.04. The van der Waals surface area contributed by atoms with Gasteiger partial charge in [0.1, 0.15) is 5.69 Å². The summed E-state index contributed by atoms with van der Waals surface area (Å²) in [5, 5.41) is 17.5. The van der Waals surface area contributed by atoms with Crippen molar-refractivity contribution in [3.8, 4) is 5.69 Å². The van der Waals surface area contributed by atoms with E-state index in [2.05, 4.69) is 20.9 Å². The van der Waals surface area contributed by atoms with E-state index in [1.165, 1.54) is 0 Å². The first-order chi connectivity index (χ1) is 10.2. The van der Waals surface area contributed by atoms with Crippen LogP contribution in [-0.4, -0.2) is 33.4 Å². The fourth-order valence-electron chi connectivity index (χ4n) is 2.17. The SMILES string of the molecule is O=C1CCC(C(=O)NCc2cn(-c3ccsc3)nn2)CN1. The van der Waals surface area contributed by atoms with Gasteiger partial charge in [0.2, 0.25) is 11.8 Å². The van der Waals surface area contributed by atoms with Crippen LogP contribution < -0.4 is 10.6 Å². The Balaban J connectivity index is 1.53. The van der Waals surface area contributed by atoms with Crippen LogP contribution in [0.2, 0.25) is 0 Å². The van der Waals surface area contributed by atoms with Gasteiger partial charge in [0.05, 0.1) is 24.3 Å². The molecule has 3 rings (SSSR count). The first-order valence-electron chi connectivity index (χ1n) is 6.70. The molecule has 1 aliphatic heterocycles. The molecule has 7 nitrogen and oxygen atoms in total. The number of thiophene rings is 1. The molecule has 1 fully saturated rings. The number of nitrogens with one attached hydrogen (secondary N) is 2. The lowest BCUT2D eigenvalue weighted by Gasteiger charge is -2.21. The summed E-state index contributed by atoms with van der Waals surface area (Å²) in [6.07, 6.45) is 2.80. The van der Waals surface area contributed by atoms with Gasteiger partial charge in [-0.1, -0.05) is 5.21 Å². The Bertz CT molecular complexity index is 627. The first kappa shape index (κ1) is 13.7. The average Bonchev–Trinajstić information content (AvgIpc) is 3.16. The summed E-state index contributed by atoms with van der Waals surface area (Å²) < 4.78 is 1.68. The molecule has 0 radical (unpaired) electrons. The minimum Gasteiger partial charge on any atom is -0.355 e. The highest BCUT2D eigenvalue weighted by Gasteiger charge is 2.24. The fourth-order valence-corrected chi connectivity index (χ4v) is 2.79. The van der Waals surface area contributed by atoms with Crippen LogP contribution in [0.1, 0.15) is 18.5 Å². The van der Waals surface area contributed by atoms with Gasteiger partial charge in [-0.25, -0.2) is 4.68 Å². The summed E-state index contributed by atoms with van der Waals surface area (Å²) in [4.78, 5) is 23.1. The third kappa shape index (κ3) is 3.27. The van der Waals surface area contributed by atoms with Gasteiger partial charge >= 0.3 is 0 Å². The molecule has 2 amide bonds. The summed E-state index contributed by atoms with van der Waals surface area (Å²) in [7, 11) is 0. The molecule has 3 heterocycles. The zero-order valence-corrected chi connectivity index (χ0v) is 12.1. The number of hydrogen-bond donors (Lipinski definition) is 2. The molecule has 0 saturated carbocycles. The Labute approximate surface area is 125 Å². The van der Waals surface area contributed by atoms with Crippen LogP contribution in [0.4, 0.5) is 0 Å². The van der Waals surface area contributed by atoms with Gasteiger partial charge < -0.3 is 10.6 Å². The second-order valence-corrected chi connectivity index (χ2v) is 5.67. The Kier molecular flexibility index (Phi) is 3.96. The quantitative estimate of drug-likeness (QED) is 0.859. The number of carbonyl (C=O) groups excluding carboxylic acids is 2. The zero-order valence-electron chi connectivity index (χ0n) is 11.3. The highest BCUT2D eigenvalue weighted by molar-refractivity contribution is 7.08. The van der Waals surface area contributed by atoms with E-state index >= 15 is 0 Å². The van der Waals surface area contributed by atoms with E-state index in [9.17, 15) is 9.59 Å². The maximum absolute atomic E-state index is 12.0. The Morgan fingerprint density at radius 1 is 1.57 bits per heavy atom. The predicted octanol–water partition coefficient (Wildman–Crippen LogP) is 0.471. The Morgan fingerprint density at radius 3 is 3.19 bits per heavy atom. The normalized spacial score (nSPS) is 18.3. The van der Waals surface area contributed by atoms with Crippen LogP contribution in [0.3, 0.4) is 0 Å². The monoisotopic (exact) mass is 305 g/mol. The molecule has 0 bridgehead atoms. The number of rotatable bonds is 4. The molecule has 8 heteroatoms. The average molecular weight is 305 g/mol. The smallest absolute Gasteiger partial charge is 0.225 e. The molecule has 0 aliphatic carbocycles. The lowest BCUT2D eigenvalue weighted by molar-refractivity contribution is -0.129. The minimum atomic E-state index is -0.158. The third-order valence-corrected chi connectivity index (χ3v) is 4.06. The molecule has 0 aromatic carbocycles. The van der Waals surface area contributed by atoms with Gasteiger partial charge in [-0.15, -0.1) is 5.10 Å². The lowest BCUT2D eigenvalue weighted by atomic mass is 9.98. The van der Waals surface area contributed by atoms with Crippen molar-refractivity contribution in [1.82, 2.24) is 25.6 Å². The number of piperidine rings is 1. The maximum atomic E-state index is 12.0. The van der Waals surface area contributed by atoms with Crippen LogP contribution >= 0.6 is 11.3 Å². The molecular formula is C13H15N5O2S. The van der Waals surface area contributed by atoms with Crippen molar-refractivity contribution < 1.29 is 9.59 Å². The molecule has 110 valence electrons. The molecule has 21 heavy (non-hydrogen) atoms. The van der Waals surface area contributed by atoms with Crippen LogP contribution in [0.25, 0.3) is 5.69 Å². The number of carbonyl (C=O) groups is 2. The van der Waals surface area contributed by atoms with Crippen molar-refractivity contribution >= 4 is 23.2 Å². The van der Waals surface area contributed by atoms with E-state index in [0.29, 0.717) is 31.6 Å². The zero-order chi connectivity index (χ0) is 14.7. The number of hydrogen-bond acceptors (Lipinski definition) is 5. The number of aromatic nitrogens is 3. The summed E-state index contributed by atoms with van der Waals surface area (Å²) in [6, 6.07) is 1.95. The van der Waals surface area contributed by atoms with Gasteiger partial charge in [0, 0.05) is 18.3 Å². The van der Waals surface area contributed by atoms with E-state index in [1.54, 1.807) is 22.2 Å². The van der Waals surface area contributed by atoms with Crippen LogP contribution in [0, 0.1) is 5.92 Å². The number of amides is 2. The summed E-state index contributed by atoms with van der Waals surface area (Å²) in [6.45, 7) is 0.750. The maximum Gasteiger partial charge on any atom is 0.225 e. The van der Waals surface area contributed by atoms with Crippen molar-refractivity contribution in [3.63, 3.8) is 0 Å². The predicted molar refractivity (Wildman–Crippen MR) is 76.8 cm³/mol. The van der Waals surface area contributed by atoms with E-state index < -0.39 is 0 Å². The first-order valence-corrected chi connectivity index (χ1v) is 7.65. The Hall–Kier alpha value is -2.22. The standard InChI is InChI=1S/C13H15N5O2S/c19-12-2-1-9(5-14-12)13(20)15-6-10-7-18(17-16-10)11-3-4-21-8-11/h3-4,7-9H,1-2,5-6H2,(H,14,19)(H,15,20). The highest BCUT2D eigenvalue weighted by atomic mass is 32.1. The summed E-state index contributed by atoms with van der Waals surface area (Å²) >= 11 is 1.59. The largest absolute Gasteiger partial charge is 0.355 e. The minimum absolute atomic E-state index is 0.0118. The highest BCUT2D eigenvalue weighted by Crippen LogP contribution is 2.12. The molecular weight excluding hydrogens is 290 g/mol. The van der Waals surface area contributed by atoms with Gasteiger partial charge in [-0.05, 0) is 17.9 Å². The van der Waals surface area contributed by atoms with E-state index in [0.717, 1.165) is 5.69 Å². The van der Waals surface area contributed by atoms with Gasteiger partial charge in [-0.2, -0.15) is 11.3 Å². The lowest BCUT2D eigenvalue weighted by Crippen LogP contribution is -2.42. The second-order valence-electron chi connectivity index (χ2n) is 4.89. The number of nitrogens with zero attached hydrogens (tertiary/aromatic N) is 3. The van der Waals surface area contributed by atoms with Gasteiger partial charge in [-0.3, -0.25) is 9.59 Å². The van der Waals surface area contributed by atoms with E-state index in [1.807, 2.05) is 16.8 Å². The fraction of sp³-hybridized carbons (Fsp3) is 0.385. The van der Waals surface area contributed by atoms with Crippen LogP contribution in [0.15, 0.2) is 23.0 Å². The molecule has 2 aromatic heterocycles. The third-order valence-electron chi connectivity index (χ3n) is 3.39.